The van der Waals surface area contributed by atoms with Crippen LogP contribution in [-0.4, -0.2) is 132 Å². The van der Waals surface area contributed by atoms with E-state index in [1.165, 1.54) is 12.0 Å². The van der Waals surface area contributed by atoms with Crippen LogP contribution in [0.4, 0.5) is 0 Å². The van der Waals surface area contributed by atoms with Gasteiger partial charge in [-0.25, -0.2) is 4.79 Å². The van der Waals surface area contributed by atoms with Gasteiger partial charge >= 0.3 is 5.97 Å². The van der Waals surface area contributed by atoms with Crippen molar-refractivity contribution < 1.29 is 57.9 Å². The molecule has 1 amide bonds. The minimum Gasteiger partial charge on any atom is -0.460 e. The van der Waals surface area contributed by atoms with Crippen molar-refractivity contribution in [1.29, 1.82) is 0 Å². The SMILES string of the molecule is CO[C@H]1CC2CC[C@@H](C)[C@@](O)(O2)C(=O)C(=O)N2CCCCC2C(=O)O[C@H]([C@H](C)C[C@@H]2CC[C@@H](SC)[C@H](OC)C2)CC(=O)[C@H](C)/C=C(\C)[C@@H](O)[C@@H](OC)C(=O)[C@H](C)C[C@H](C)/C=C/C=CC=C1C. The van der Waals surface area contributed by atoms with Crippen LogP contribution in [0.5, 0.6) is 0 Å². The highest BCUT2D eigenvalue weighted by Crippen LogP contribution is 2.39. The maximum atomic E-state index is 14.4. The number of piperidine rings is 1. The van der Waals surface area contributed by atoms with Gasteiger partial charge in [0.15, 0.2) is 5.78 Å². The van der Waals surface area contributed by atoms with Crippen molar-refractivity contribution in [2.45, 2.75) is 179 Å². The molecule has 66 heavy (non-hydrogen) atoms. The molecule has 2 bridgehead atoms. The number of carbonyl (C=O) groups is 5. The average molecular weight is 944 g/mol. The lowest BCUT2D eigenvalue weighted by Gasteiger charge is -2.42. The number of esters is 1. The molecular weight excluding hydrogens is 863 g/mol. The number of allylic oxidation sites excluding steroid dienone is 6. The summed E-state index contributed by atoms with van der Waals surface area (Å²) in [5.41, 5.74) is 1.30. The fourth-order valence-corrected chi connectivity index (χ4v) is 11.3. The zero-order valence-electron chi connectivity index (χ0n) is 41.6. The van der Waals surface area contributed by atoms with Crippen LogP contribution in [0, 0.1) is 35.5 Å². The summed E-state index contributed by atoms with van der Waals surface area (Å²) in [6.45, 7) is 12.9. The molecule has 15 atom stereocenters. The summed E-state index contributed by atoms with van der Waals surface area (Å²) in [7, 11) is 4.71. The topological polar surface area (TPSA) is 175 Å². The summed E-state index contributed by atoms with van der Waals surface area (Å²) < 4.78 is 29.8. The number of hydrogen-bond acceptors (Lipinski definition) is 13. The van der Waals surface area contributed by atoms with Crippen molar-refractivity contribution in [2.24, 2.45) is 35.5 Å². The van der Waals surface area contributed by atoms with Gasteiger partial charge in [0.25, 0.3) is 11.7 Å². The Labute approximate surface area is 398 Å². The van der Waals surface area contributed by atoms with Gasteiger partial charge < -0.3 is 38.8 Å². The number of Topliss-reactive ketones (excluding diaryl/α,β-unsaturated/α-hetero) is 3. The number of aliphatic hydroxyl groups excluding tert-OH is 1. The van der Waals surface area contributed by atoms with Crippen LogP contribution in [0.15, 0.2) is 47.6 Å². The molecule has 0 spiro atoms. The van der Waals surface area contributed by atoms with Gasteiger partial charge in [0.2, 0.25) is 5.79 Å². The van der Waals surface area contributed by atoms with E-state index in [2.05, 4.69) is 6.26 Å². The molecule has 0 radical (unpaired) electrons. The van der Waals surface area contributed by atoms with Crippen molar-refractivity contribution in [3.8, 4) is 0 Å². The van der Waals surface area contributed by atoms with Gasteiger partial charge in [-0.3, -0.25) is 19.2 Å². The van der Waals surface area contributed by atoms with Crippen molar-refractivity contribution in [2.75, 3.05) is 34.1 Å². The normalized spacial score (nSPS) is 38.7. The third-order valence-corrected chi connectivity index (χ3v) is 15.9. The predicted octanol–water partition coefficient (Wildman–Crippen LogP) is 7.55. The Morgan fingerprint density at radius 2 is 1.61 bits per heavy atom. The van der Waals surface area contributed by atoms with E-state index in [-0.39, 0.29) is 54.8 Å². The molecule has 1 saturated carbocycles. The third-order valence-electron chi connectivity index (χ3n) is 14.8. The summed E-state index contributed by atoms with van der Waals surface area (Å²) in [5.74, 6) is -7.52. The summed E-state index contributed by atoms with van der Waals surface area (Å²) in [5, 5.41) is 23.8. The highest BCUT2D eigenvalue weighted by atomic mass is 32.2. The molecule has 2 saturated heterocycles. The Morgan fingerprint density at radius 1 is 0.879 bits per heavy atom. The molecule has 13 nitrogen and oxygen atoms in total. The molecule has 3 fully saturated rings. The van der Waals surface area contributed by atoms with Crippen molar-refractivity contribution in [1.82, 2.24) is 4.90 Å². The second-order valence-electron chi connectivity index (χ2n) is 19.8. The third kappa shape index (κ3) is 14.5. The molecule has 4 aliphatic rings. The first-order valence-electron chi connectivity index (χ1n) is 24.3. The number of ketones is 3. The number of carbonyl (C=O) groups excluding carboxylic acids is 5. The second kappa shape index (κ2) is 26.1. The van der Waals surface area contributed by atoms with Gasteiger partial charge in [-0.05, 0) is 113 Å². The molecule has 3 aliphatic heterocycles. The van der Waals surface area contributed by atoms with E-state index in [1.807, 2.05) is 58.1 Å². The Balaban J connectivity index is 1.70. The van der Waals surface area contributed by atoms with E-state index in [0.29, 0.717) is 55.8 Å². The van der Waals surface area contributed by atoms with Crippen LogP contribution >= 0.6 is 11.8 Å². The number of aliphatic hydroxyl groups is 2. The van der Waals surface area contributed by atoms with Gasteiger partial charge in [0, 0.05) is 63.7 Å². The number of ether oxygens (including phenoxy) is 5. The number of nitrogens with zero attached hydrogens (tertiary/aromatic N) is 1. The largest absolute Gasteiger partial charge is 0.460 e. The van der Waals surface area contributed by atoms with Gasteiger partial charge in [-0.1, -0.05) is 71.1 Å². The Hall–Kier alpha value is -2.98. The lowest BCUT2D eigenvalue weighted by Crippen LogP contribution is -2.61. The monoisotopic (exact) mass is 944 g/mol. The van der Waals surface area contributed by atoms with Gasteiger partial charge in [0.1, 0.15) is 30.1 Å². The molecular formula is C52H81NO12S. The molecule has 0 aromatic carbocycles. The molecule has 372 valence electrons. The first kappa shape index (κ1) is 55.6. The van der Waals surface area contributed by atoms with E-state index < -0.39 is 77.8 Å². The smallest absolute Gasteiger partial charge is 0.329 e. The summed E-state index contributed by atoms with van der Waals surface area (Å²) in [6.07, 6.45) is 15.6. The summed E-state index contributed by atoms with van der Waals surface area (Å²) >= 11 is 1.80. The Morgan fingerprint density at radius 3 is 2.27 bits per heavy atom. The fraction of sp³-hybridized carbons (Fsp3) is 0.750. The number of cyclic esters (lactones) is 1. The van der Waals surface area contributed by atoms with Crippen LogP contribution in [0.25, 0.3) is 0 Å². The Kier molecular flexibility index (Phi) is 22.0. The number of hydrogen-bond donors (Lipinski definition) is 2. The number of rotatable bonds is 7. The molecule has 2 N–H and O–H groups in total. The van der Waals surface area contributed by atoms with Gasteiger partial charge in [-0.2, -0.15) is 11.8 Å². The Bertz CT molecular complexity index is 1780. The van der Waals surface area contributed by atoms with Crippen LogP contribution in [0.3, 0.4) is 0 Å². The van der Waals surface area contributed by atoms with E-state index in [1.54, 1.807) is 52.8 Å². The zero-order chi connectivity index (χ0) is 48.9. The number of methoxy groups -OCH3 is 3. The molecule has 4 rings (SSSR count). The van der Waals surface area contributed by atoms with E-state index >= 15 is 0 Å². The number of amides is 1. The summed E-state index contributed by atoms with van der Waals surface area (Å²) in [6, 6.07) is -1.11. The zero-order valence-corrected chi connectivity index (χ0v) is 42.4. The van der Waals surface area contributed by atoms with Gasteiger partial charge in [0.05, 0.1) is 18.3 Å². The maximum absolute atomic E-state index is 14.4. The standard InChI is InChI=1S/C52H81NO12S/c1-31-17-13-12-14-18-32(2)42(61-8)29-39-22-20-37(7)52(60,65-39)49(57)50(58)53-24-16-15-19-40(53)51(59)64-43(34(4)27-38-21-23-45(66-11)44(28-38)62-9)30-41(54)33(3)26-36(6)47(56)48(63-10)46(55)35(5)25-31/h12-14,17-18,26,31,33-35,37-40,42-45,47-48,56,60H,15-16,19-25,27-30H2,1-11H3/b14-12?,17-13+,32-18?,36-26+/t31-,33-,34-,35-,37-,38+,39?,40?,42+,43+,44-,45-,47-,48+,52-/m1/s1. The summed E-state index contributed by atoms with van der Waals surface area (Å²) in [4.78, 5) is 72.1. The van der Waals surface area contributed by atoms with Crippen molar-refractivity contribution >= 4 is 41.0 Å². The number of fused-ring (bicyclic) bond motifs is 3. The van der Waals surface area contributed by atoms with Crippen LogP contribution in [0.1, 0.15) is 126 Å². The van der Waals surface area contributed by atoms with E-state index in [0.717, 1.165) is 24.8 Å². The van der Waals surface area contributed by atoms with E-state index in [4.69, 9.17) is 23.7 Å². The number of thioether (sulfide) groups is 1. The van der Waals surface area contributed by atoms with Crippen LogP contribution in [-0.2, 0) is 47.7 Å². The fourth-order valence-electron chi connectivity index (χ4n) is 10.4. The minimum absolute atomic E-state index is 0.0292. The first-order valence-corrected chi connectivity index (χ1v) is 25.6. The maximum Gasteiger partial charge on any atom is 0.329 e. The van der Waals surface area contributed by atoms with Crippen LogP contribution in [0.2, 0.25) is 0 Å². The lowest BCUT2D eigenvalue weighted by atomic mass is 9.79. The predicted molar refractivity (Wildman–Crippen MR) is 256 cm³/mol. The van der Waals surface area contributed by atoms with Gasteiger partial charge in [-0.15, -0.1) is 0 Å². The molecule has 3 heterocycles. The molecule has 0 aromatic rings. The highest BCUT2D eigenvalue weighted by Gasteiger charge is 2.53. The van der Waals surface area contributed by atoms with Crippen molar-refractivity contribution in [3.05, 3.63) is 47.6 Å². The second-order valence-corrected chi connectivity index (χ2v) is 20.9. The van der Waals surface area contributed by atoms with E-state index in [9.17, 15) is 34.2 Å². The highest BCUT2D eigenvalue weighted by molar-refractivity contribution is 7.99. The lowest BCUT2D eigenvalue weighted by molar-refractivity contribution is -0.265. The average Bonchev–Trinajstić information content (AvgIpc) is 3.30. The first-order chi connectivity index (χ1) is 31.3. The quantitative estimate of drug-likeness (QED) is 0.146. The minimum atomic E-state index is -2.41. The molecule has 0 aromatic heterocycles. The molecule has 2 unspecified atom stereocenters. The van der Waals surface area contributed by atoms with Crippen molar-refractivity contribution in [3.63, 3.8) is 0 Å². The molecule has 1 aliphatic carbocycles. The van der Waals surface area contributed by atoms with Crippen LogP contribution < -0.4 is 0 Å². The molecule has 14 heteroatoms.